The first kappa shape index (κ1) is 18.1. The molecule has 0 bridgehead atoms. The molecule has 0 saturated carbocycles. The van der Waals surface area contributed by atoms with Gasteiger partial charge in [0.2, 0.25) is 0 Å². The van der Waals surface area contributed by atoms with Crippen LogP contribution in [0.3, 0.4) is 0 Å². The molecule has 0 amide bonds. The average molecular weight is 367 g/mol. The SMILES string of the molecule is O=C(c1ccc(F)cc1)c1cc(C(=O)c2ccc(F)cc2)cc([N+](=O)[O-])c1. The van der Waals surface area contributed by atoms with Crippen molar-refractivity contribution in [2.24, 2.45) is 0 Å². The number of nitrogens with zero attached hydrogens (tertiary/aromatic N) is 1. The summed E-state index contributed by atoms with van der Waals surface area (Å²) in [6, 6.07) is 12.7. The molecule has 3 aromatic rings. The lowest BCUT2D eigenvalue weighted by Crippen LogP contribution is -2.07. The summed E-state index contributed by atoms with van der Waals surface area (Å²) in [5, 5.41) is 11.2. The predicted octanol–water partition coefficient (Wildman–Crippen LogP) is 4.34. The van der Waals surface area contributed by atoms with Gasteiger partial charge in [-0.2, -0.15) is 0 Å². The van der Waals surface area contributed by atoms with Crippen molar-refractivity contribution >= 4 is 17.3 Å². The Balaban J connectivity index is 2.06. The highest BCUT2D eigenvalue weighted by Gasteiger charge is 2.20. The zero-order valence-electron chi connectivity index (χ0n) is 13.7. The van der Waals surface area contributed by atoms with Crippen LogP contribution < -0.4 is 0 Å². The summed E-state index contributed by atoms with van der Waals surface area (Å²) >= 11 is 0. The second-order valence-corrected chi connectivity index (χ2v) is 5.70. The average Bonchev–Trinajstić information content (AvgIpc) is 2.67. The van der Waals surface area contributed by atoms with Gasteiger partial charge in [-0.05, 0) is 54.6 Å². The molecule has 0 aromatic heterocycles. The molecule has 0 heterocycles. The van der Waals surface area contributed by atoms with Gasteiger partial charge in [0.1, 0.15) is 11.6 Å². The van der Waals surface area contributed by atoms with Crippen molar-refractivity contribution in [3.05, 3.63) is 111 Å². The van der Waals surface area contributed by atoms with Crippen LogP contribution in [0.2, 0.25) is 0 Å². The van der Waals surface area contributed by atoms with Gasteiger partial charge in [-0.25, -0.2) is 8.78 Å². The number of hydrogen-bond acceptors (Lipinski definition) is 4. The van der Waals surface area contributed by atoms with E-state index in [0.717, 1.165) is 36.4 Å². The van der Waals surface area contributed by atoms with Crippen LogP contribution >= 0.6 is 0 Å². The molecule has 0 atom stereocenters. The lowest BCUT2D eigenvalue weighted by molar-refractivity contribution is -0.384. The molecule has 3 aromatic carbocycles. The van der Waals surface area contributed by atoms with Crippen molar-refractivity contribution in [1.29, 1.82) is 0 Å². The Kier molecular flexibility index (Phi) is 4.85. The van der Waals surface area contributed by atoms with Crippen molar-refractivity contribution in [2.45, 2.75) is 0 Å². The van der Waals surface area contributed by atoms with Gasteiger partial charge in [0.15, 0.2) is 11.6 Å². The number of hydrogen-bond donors (Lipinski definition) is 0. The summed E-state index contributed by atoms with van der Waals surface area (Å²) in [5.41, 5.74) is -0.356. The molecule has 134 valence electrons. The maximum absolute atomic E-state index is 13.0. The van der Waals surface area contributed by atoms with E-state index in [0.29, 0.717) is 0 Å². The molecule has 5 nitrogen and oxygen atoms in total. The smallest absolute Gasteiger partial charge is 0.270 e. The van der Waals surface area contributed by atoms with Crippen LogP contribution in [0.1, 0.15) is 31.8 Å². The lowest BCUT2D eigenvalue weighted by atomic mass is 9.96. The Morgan fingerprint density at radius 2 is 1.04 bits per heavy atom. The third-order valence-electron chi connectivity index (χ3n) is 3.87. The van der Waals surface area contributed by atoms with Gasteiger partial charge in [0.25, 0.3) is 5.69 Å². The van der Waals surface area contributed by atoms with Crippen LogP contribution in [-0.2, 0) is 0 Å². The molecule has 0 unspecified atom stereocenters. The number of carbonyl (C=O) groups excluding carboxylic acids is 2. The summed E-state index contributed by atoms with van der Waals surface area (Å²) in [7, 11) is 0. The molecular weight excluding hydrogens is 356 g/mol. The number of rotatable bonds is 5. The molecule has 27 heavy (non-hydrogen) atoms. The fraction of sp³-hybridized carbons (Fsp3) is 0. The van der Waals surface area contributed by atoms with E-state index >= 15 is 0 Å². The van der Waals surface area contributed by atoms with Gasteiger partial charge in [-0.3, -0.25) is 19.7 Å². The van der Waals surface area contributed by atoms with Crippen molar-refractivity contribution in [3.63, 3.8) is 0 Å². The van der Waals surface area contributed by atoms with E-state index in [4.69, 9.17) is 0 Å². The van der Waals surface area contributed by atoms with Crippen molar-refractivity contribution < 1.29 is 23.3 Å². The molecular formula is C20H11F2NO4. The Morgan fingerprint density at radius 3 is 1.37 bits per heavy atom. The van der Waals surface area contributed by atoms with E-state index in [-0.39, 0.29) is 22.3 Å². The fourth-order valence-corrected chi connectivity index (χ4v) is 2.51. The molecule has 0 aliphatic carbocycles. The Hall–Kier alpha value is -3.74. The van der Waals surface area contributed by atoms with Gasteiger partial charge >= 0.3 is 0 Å². The number of nitro groups is 1. The van der Waals surface area contributed by atoms with Crippen LogP contribution in [0.5, 0.6) is 0 Å². The molecule has 3 rings (SSSR count). The minimum Gasteiger partial charge on any atom is -0.289 e. The van der Waals surface area contributed by atoms with Gasteiger partial charge in [0.05, 0.1) is 4.92 Å². The van der Waals surface area contributed by atoms with Crippen molar-refractivity contribution in [3.8, 4) is 0 Å². The minimum absolute atomic E-state index is 0.0822. The number of benzene rings is 3. The maximum atomic E-state index is 13.0. The second-order valence-electron chi connectivity index (χ2n) is 5.70. The summed E-state index contributed by atoms with van der Waals surface area (Å²) in [4.78, 5) is 35.6. The van der Waals surface area contributed by atoms with E-state index in [9.17, 15) is 28.5 Å². The molecule has 0 saturated heterocycles. The quantitative estimate of drug-likeness (QED) is 0.382. The molecule has 0 aliphatic heterocycles. The molecule has 7 heteroatoms. The highest BCUT2D eigenvalue weighted by molar-refractivity contribution is 6.13. The van der Waals surface area contributed by atoms with E-state index in [2.05, 4.69) is 0 Å². The highest BCUT2D eigenvalue weighted by Crippen LogP contribution is 2.22. The van der Waals surface area contributed by atoms with E-state index in [1.165, 1.54) is 30.3 Å². The first-order valence-corrected chi connectivity index (χ1v) is 7.75. The van der Waals surface area contributed by atoms with Crippen LogP contribution in [-0.4, -0.2) is 16.5 Å². The maximum Gasteiger partial charge on any atom is 0.270 e. The molecule has 0 N–H and O–H groups in total. The standard InChI is InChI=1S/C20H11F2NO4/c21-16-5-1-12(2-6-16)19(24)14-9-15(11-18(10-14)23(26)27)20(25)13-3-7-17(22)8-4-13/h1-11H. The fourth-order valence-electron chi connectivity index (χ4n) is 2.51. The van der Waals surface area contributed by atoms with Crippen molar-refractivity contribution in [2.75, 3.05) is 0 Å². The zero-order valence-corrected chi connectivity index (χ0v) is 13.7. The number of ketones is 2. The number of non-ortho nitro benzene ring substituents is 1. The number of nitro benzene ring substituents is 1. The summed E-state index contributed by atoms with van der Waals surface area (Å²) in [5.74, 6) is -2.24. The summed E-state index contributed by atoms with van der Waals surface area (Å²) in [6.07, 6.45) is 0. The van der Waals surface area contributed by atoms with Crippen molar-refractivity contribution in [1.82, 2.24) is 0 Å². The third kappa shape index (κ3) is 3.92. The Morgan fingerprint density at radius 1 is 0.667 bits per heavy atom. The number of carbonyl (C=O) groups is 2. The molecule has 0 radical (unpaired) electrons. The van der Waals surface area contributed by atoms with Crippen LogP contribution in [0.25, 0.3) is 0 Å². The lowest BCUT2D eigenvalue weighted by Gasteiger charge is -2.06. The monoisotopic (exact) mass is 367 g/mol. The summed E-state index contributed by atoms with van der Waals surface area (Å²) < 4.78 is 26.1. The Bertz CT molecular complexity index is 969. The summed E-state index contributed by atoms with van der Waals surface area (Å²) in [6.45, 7) is 0. The largest absolute Gasteiger partial charge is 0.289 e. The zero-order chi connectivity index (χ0) is 19.6. The van der Waals surface area contributed by atoms with Crippen LogP contribution in [0, 0.1) is 21.7 Å². The van der Waals surface area contributed by atoms with E-state index in [1.54, 1.807) is 0 Å². The topological polar surface area (TPSA) is 77.3 Å². The molecule has 0 fully saturated rings. The minimum atomic E-state index is -0.719. The van der Waals surface area contributed by atoms with Gasteiger partial charge in [0, 0.05) is 34.4 Å². The first-order valence-electron chi connectivity index (χ1n) is 7.75. The first-order chi connectivity index (χ1) is 12.8. The predicted molar refractivity (Wildman–Crippen MR) is 92.8 cm³/mol. The molecule has 0 spiro atoms. The van der Waals surface area contributed by atoms with Crippen LogP contribution in [0.15, 0.2) is 66.7 Å². The van der Waals surface area contributed by atoms with Gasteiger partial charge < -0.3 is 0 Å². The van der Waals surface area contributed by atoms with Gasteiger partial charge in [-0.1, -0.05) is 0 Å². The van der Waals surface area contributed by atoms with Gasteiger partial charge in [-0.15, -0.1) is 0 Å². The van der Waals surface area contributed by atoms with Crippen LogP contribution in [0.4, 0.5) is 14.5 Å². The highest BCUT2D eigenvalue weighted by atomic mass is 19.1. The Labute approximate surface area is 152 Å². The van der Waals surface area contributed by atoms with E-state index < -0.39 is 33.8 Å². The third-order valence-corrected chi connectivity index (χ3v) is 3.87. The molecule has 0 aliphatic rings. The second kappa shape index (κ2) is 7.25. The number of halogens is 2. The normalized spacial score (nSPS) is 10.4. The van der Waals surface area contributed by atoms with E-state index in [1.807, 2.05) is 0 Å².